The van der Waals surface area contributed by atoms with Gasteiger partial charge in [-0.15, -0.1) is 0 Å². The van der Waals surface area contributed by atoms with Crippen molar-refractivity contribution < 1.29 is 0 Å². The van der Waals surface area contributed by atoms with Gasteiger partial charge >= 0.3 is 0 Å². The molecule has 0 aromatic rings. The molecule has 1 aliphatic carbocycles. The minimum absolute atomic E-state index is 0.278. The minimum Gasteiger partial charge on any atom is -0.312 e. The highest BCUT2D eigenvalue weighted by Crippen LogP contribution is 2.33. The third-order valence-corrected chi connectivity index (χ3v) is 5.01. The summed E-state index contributed by atoms with van der Waals surface area (Å²) < 4.78 is 0. The van der Waals surface area contributed by atoms with Crippen LogP contribution in [0, 0.1) is 11.8 Å². The van der Waals surface area contributed by atoms with Crippen molar-refractivity contribution in [3.63, 3.8) is 0 Å². The second-order valence-electron chi connectivity index (χ2n) is 6.77. The molecule has 2 unspecified atom stereocenters. The van der Waals surface area contributed by atoms with Crippen LogP contribution >= 0.6 is 11.8 Å². The van der Waals surface area contributed by atoms with Crippen LogP contribution in [0.1, 0.15) is 66.2 Å². The maximum Gasteiger partial charge on any atom is 0.00966 e. The van der Waals surface area contributed by atoms with E-state index in [2.05, 4.69) is 44.8 Å². The normalized spacial score (nSPS) is 25.3. The lowest BCUT2D eigenvalue weighted by Gasteiger charge is -2.34. The van der Waals surface area contributed by atoms with Crippen molar-refractivity contribution in [3.8, 4) is 0 Å². The van der Waals surface area contributed by atoms with Crippen LogP contribution in [0.5, 0.6) is 0 Å². The second kappa shape index (κ2) is 8.47. The Morgan fingerprint density at radius 3 is 2.39 bits per heavy atom. The van der Waals surface area contributed by atoms with E-state index < -0.39 is 0 Å². The van der Waals surface area contributed by atoms with E-state index >= 15 is 0 Å². The van der Waals surface area contributed by atoms with Crippen molar-refractivity contribution in [3.05, 3.63) is 0 Å². The first-order valence-electron chi connectivity index (χ1n) is 7.85. The number of thioether (sulfide) groups is 1. The highest BCUT2D eigenvalue weighted by atomic mass is 32.2. The van der Waals surface area contributed by atoms with Gasteiger partial charge in [-0.25, -0.2) is 0 Å². The molecule has 0 amide bonds. The Morgan fingerprint density at radius 2 is 1.78 bits per heavy atom. The molecule has 1 aliphatic rings. The Morgan fingerprint density at radius 1 is 1.11 bits per heavy atom. The lowest BCUT2D eigenvalue weighted by molar-refractivity contribution is 0.203. The Labute approximate surface area is 119 Å². The van der Waals surface area contributed by atoms with E-state index in [1.54, 1.807) is 0 Å². The van der Waals surface area contributed by atoms with Crippen LogP contribution in [0.4, 0.5) is 0 Å². The fourth-order valence-electron chi connectivity index (χ4n) is 2.96. The number of rotatable bonds is 7. The Kier molecular flexibility index (Phi) is 7.70. The largest absolute Gasteiger partial charge is 0.312 e. The summed E-state index contributed by atoms with van der Waals surface area (Å²) >= 11 is 2.10. The van der Waals surface area contributed by atoms with Gasteiger partial charge in [-0.3, -0.25) is 0 Å². The van der Waals surface area contributed by atoms with Gasteiger partial charge in [0.15, 0.2) is 0 Å². The third-order valence-electron chi connectivity index (χ3n) is 4.03. The molecule has 1 nitrogen and oxygen atoms in total. The lowest BCUT2D eigenvalue weighted by Crippen LogP contribution is -2.41. The van der Waals surface area contributed by atoms with E-state index in [0.717, 1.165) is 11.8 Å². The third kappa shape index (κ3) is 7.04. The Bertz CT molecular complexity index is 210. The zero-order chi connectivity index (χ0) is 13.4. The fraction of sp³-hybridized carbons (Fsp3) is 1.00. The molecule has 1 fully saturated rings. The smallest absolute Gasteiger partial charge is 0.00966 e. The maximum atomic E-state index is 3.72. The van der Waals surface area contributed by atoms with Crippen LogP contribution in [-0.4, -0.2) is 23.6 Å². The number of nitrogens with one attached hydrogen (secondary N) is 1. The molecular formula is C16H33NS. The first-order valence-corrected chi connectivity index (χ1v) is 9.01. The van der Waals surface area contributed by atoms with E-state index in [1.807, 2.05) is 0 Å². The zero-order valence-corrected chi connectivity index (χ0v) is 13.7. The first kappa shape index (κ1) is 16.4. The minimum atomic E-state index is 0.278. The molecule has 0 radical (unpaired) electrons. The van der Waals surface area contributed by atoms with Crippen molar-refractivity contribution in [2.24, 2.45) is 11.8 Å². The summed E-state index contributed by atoms with van der Waals surface area (Å²) in [6.07, 6.45) is 8.74. The molecule has 0 aromatic heterocycles. The molecule has 108 valence electrons. The van der Waals surface area contributed by atoms with Crippen LogP contribution in [0.3, 0.4) is 0 Å². The molecule has 1 N–H and O–H groups in total. The van der Waals surface area contributed by atoms with Crippen LogP contribution < -0.4 is 5.32 Å². The predicted octanol–water partition coefficient (Wildman–Crippen LogP) is 4.71. The van der Waals surface area contributed by atoms with E-state index in [1.165, 1.54) is 56.6 Å². The summed E-state index contributed by atoms with van der Waals surface area (Å²) in [4.78, 5) is 0. The molecule has 1 rings (SSSR count). The first-order chi connectivity index (χ1) is 8.53. The molecule has 2 atom stereocenters. The molecule has 0 bridgehead atoms. The summed E-state index contributed by atoms with van der Waals surface area (Å²) in [5, 5.41) is 3.72. The van der Waals surface area contributed by atoms with E-state index in [-0.39, 0.29) is 5.54 Å². The molecule has 0 aliphatic heterocycles. The van der Waals surface area contributed by atoms with Gasteiger partial charge in [0, 0.05) is 5.54 Å². The van der Waals surface area contributed by atoms with Gasteiger partial charge in [0.25, 0.3) is 0 Å². The second-order valence-corrected chi connectivity index (χ2v) is 8.17. The quantitative estimate of drug-likeness (QED) is 0.673. The zero-order valence-electron chi connectivity index (χ0n) is 12.9. The topological polar surface area (TPSA) is 12.0 Å². The van der Waals surface area contributed by atoms with Crippen molar-refractivity contribution in [2.45, 2.75) is 71.8 Å². The SMILES string of the molecule is CCSCCCC1CCCCC1CNC(C)(C)C. The highest BCUT2D eigenvalue weighted by Gasteiger charge is 2.25. The van der Waals surface area contributed by atoms with Crippen molar-refractivity contribution in [1.82, 2.24) is 5.32 Å². The Hall–Kier alpha value is 0.310. The molecule has 0 heterocycles. The number of hydrogen-bond donors (Lipinski definition) is 1. The van der Waals surface area contributed by atoms with Crippen molar-refractivity contribution in [2.75, 3.05) is 18.1 Å². The molecule has 1 saturated carbocycles. The van der Waals surface area contributed by atoms with Crippen molar-refractivity contribution >= 4 is 11.8 Å². The summed E-state index contributed by atoms with van der Waals surface area (Å²) in [5.41, 5.74) is 0.278. The van der Waals surface area contributed by atoms with E-state index in [9.17, 15) is 0 Å². The molecule has 0 spiro atoms. The van der Waals surface area contributed by atoms with Gasteiger partial charge in [-0.05, 0) is 69.9 Å². The van der Waals surface area contributed by atoms with Crippen LogP contribution in [0.25, 0.3) is 0 Å². The van der Waals surface area contributed by atoms with Gasteiger partial charge in [-0.2, -0.15) is 11.8 Å². The van der Waals surface area contributed by atoms with E-state index in [4.69, 9.17) is 0 Å². The fourth-order valence-corrected chi connectivity index (χ4v) is 3.62. The van der Waals surface area contributed by atoms with E-state index in [0.29, 0.717) is 0 Å². The standard InChI is InChI=1S/C16H33NS/c1-5-18-12-8-11-14-9-6-7-10-15(14)13-17-16(2,3)4/h14-15,17H,5-13H2,1-4H3. The average Bonchev–Trinajstić information content (AvgIpc) is 2.32. The monoisotopic (exact) mass is 271 g/mol. The maximum absolute atomic E-state index is 3.72. The van der Waals surface area contributed by atoms with Gasteiger partial charge in [0.1, 0.15) is 0 Å². The molecule has 0 saturated heterocycles. The number of hydrogen-bond acceptors (Lipinski definition) is 2. The van der Waals surface area contributed by atoms with Crippen LogP contribution in [0.15, 0.2) is 0 Å². The van der Waals surface area contributed by atoms with Crippen LogP contribution in [-0.2, 0) is 0 Å². The predicted molar refractivity (Wildman–Crippen MR) is 85.4 cm³/mol. The van der Waals surface area contributed by atoms with Gasteiger partial charge in [0.05, 0.1) is 0 Å². The Balaban J connectivity index is 2.28. The van der Waals surface area contributed by atoms with Crippen molar-refractivity contribution in [1.29, 1.82) is 0 Å². The summed E-state index contributed by atoms with van der Waals surface area (Å²) in [6.45, 7) is 10.3. The van der Waals surface area contributed by atoms with Gasteiger partial charge in [-0.1, -0.05) is 26.2 Å². The average molecular weight is 272 g/mol. The molecule has 2 heteroatoms. The molecular weight excluding hydrogens is 238 g/mol. The van der Waals surface area contributed by atoms with Crippen LogP contribution in [0.2, 0.25) is 0 Å². The van der Waals surface area contributed by atoms with Gasteiger partial charge < -0.3 is 5.32 Å². The lowest BCUT2D eigenvalue weighted by atomic mass is 9.76. The summed E-state index contributed by atoms with van der Waals surface area (Å²) in [7, 11) is 0. The molecule has 0 aromatic carbocycles. The highest BCUT2D eigenvalue weighted by molar-refractivity contribution is 7.99. The van der Waals surface area contributed by atoms with Gasteiger partial charge in [0.2, 0.25) is 0 Å². The summed E-state index contributed by atoms with van der Waals surface area (Å²) in [6, 6.07) is 0. The molecule has 18 heavy (non-hydrogen) atoms. The summed E-state index contributed by atoms with van der Waals surface area (Å²) in [5.74, 6) is 4.57.